The molecule has 1 atom stereocenters. The highest BCUT2D eigenvalue weighted by Gasteiger charge is 2.26. The lowest BCUT2D eigenvalue weighted by atomic mass is 9.72. The van der Waals surface area contributed by atoms with Crippen LogP contribution in [0.1, 0.15) is 153 Å². The third-order valence-electron chi connectivity index (χ3n) is 9.20. The van der Waals surface area contributed by atoms with Gasteiger partial charge in [0.05, 0.1) is 0 Å². The first-order chi connectivity index (χ1) is 17.8. The van der Waals surface area contributed by atoms with Crippen molar-refractivity contribution in [2.75, 3.05) is 0 Å². The number of benzene rings is 1. The second-order valence-corrected chi connectivity index (χ2v) is 12.2. The van der Waals surface area contributed by atoms with Crippen LogP contribution in [-0.2, 0) is 6.42 Å². The van der Waals surface area contributed by atoms with Gasteiger partial charge in [0.1, 0.15) is 0 Å². The molecule has 2 aliphatic carbocycles. The Kier molecular flexibility index (Phi) is 14.7. The molecule has 0 heterocycles. The van der Waals surface area contributed by atoms with Crippen molar-refractivity contribution >= 4 is 5.57 Å². The third-order valence-corrected chi connectivity index (χ3v) is 9.20. The summed E-state index contributed by atoms with van der Waals surface area (Å²) in [6.45, 7) is 4.61. The second kappa shape index (κ2) is 18.0. The van der Waals surface area contributed by atoms with Gasteiger partial charge in [0.15, 0.2) is 0 Å². The molecule has 0 aromatic heterocycles. The molecule has 3 rings (SSSR count). The maximum atomic E-state index is 2.56. The fourth-order valence-corrected chi connectivity index (χ4v) is 6.65. The SMILES string of the molecule is CCCCCCCCCCc1ccc(C2=CCC([C@H]3CC[C@H](CCCCCCCC)CC3)C=C2)cc1. The summed E-state index contributed by atoms with van der Waals surface area (Å²) in [5.74, 6) is 2.73. The summed E-state index contributed by atoms with van der Waals surface area (Å²) in [6, 6.07) is 9.49. The van der Waals surface area contributed by atoms with Gasteiger partial charge in [0.25, 0.3) is 0 Å². The summed E-state index contributed by atoms with van der Waals surface area (Å²) in [4.78, 5) is 0. The van der Waals surface area contributed by atoms with Crippen LogP contribution in [0, 0.1) is 17.8 Å². The summed E-state index contributed by atoms with van der Waals surface area (Å²) in [6.07, 6.45) is 37.3. The molecule has 0 amide bonds. The summed E-state index contributed by atoms with van der Waals surface area (Å²) >= 11 is 0. The molecule has 1 fully saturated rings. The lowest BCUT2D eigenvalue weighted by Gasteiger charge is -2.33. The maximum Gasteiger partial charge on any atom is -0.0167 e. The molecule has 202 valence electrons. The minimum absolute atomic E-state index is 0.782. The van der Waals surface area contributed by atoms with Crippen molar-refractivity contribution in [1.29, 1.82) is 0 Å². The average Bonchev–Trinajstić information content (AvgIpc) is 2.93. The smallest absolute Gasteiger partial charge is 0.0167 e. The van der Waals surface area contributed by atoms with E-state index in [-0.39, 0.29) is 0 Å². The van der Waals surface area contributed by atoms with Crippen LogP contribution in [0.15, 0.2) is 42.5 Å². The van der Waals surface area contributed by atoms with Crippen molar-refractivity contribution < 1.29 is 0 Å². The molecule has 0 nitrogen and oxygen atoms in total. The fraction of sp³-hybridized carbons (Fsp3) is 0.722. The monoisotopic (exact) mass is 490 g/mol. The van der Waals surface area contributed by atoms with Crippen molar-refractivity contribution in [3.05, 3.63) is 53.6 Å². The van der Waals surface area contributed by atoms with Crippen molar-refractivity contribution in [2.45, 2.75) is 149 Å². The first-order valence-corrected chi connectivity index (χ1v) is 16.3. The van der Waals surface area contributed by atoms with E-state index in [1.807, 2.05) is 0 Å². The van der Waals surface area contributed by atoms with Gasteiger partial charge in [-0.25, -0.2) is 0 Å². The van der Waals surface area contributed by atoms with Gasteiger partial charge in [-0.05, 0) is 66.6 Å². The Morgan fingerprint density at radius 2 is 1.22 bits per heavy atom. The minimum atomic E-state index is 0.782. The number of hydrogen-bond donors (Lipinski definition) is 0. The molecule has 0 heteroatoms. The van der Waals surface area contributed by atoms with E-state index in [9.17, 15) is 0 Å². The van der Waals surface area contributed by atoms with E-state index in [2.05, 4.69) is 56.3 Å². The van der Waals surface area contributed by atoms with Crippen molar-refractivity contribution in [3.8, 4) is 0 Å². The van der Waals surface area contributed by atoms with Gasteiger partial charge in [-0.15, -0.1) is 0 Å². The molecular weight excluding hydrogens is 432 g/mol. The Morgan fingerprint density at radius 1 is 0.639 bits per heavy atom. The standard InChI is InChI=1S/C36H58/c1-3-5-7-9-11-12-14-16-18-32-21-25-34(26-22-32)36-29-27-35(28-30-36)33-23-19-31(20-24-33)17-15-13-10-8-6-4-2/h21-22,25-27,29-31,33,35H,3-20,23-24,28H2,1-2H3/t31-,33-,35?. The van der Waals surface area contributed by atoms with Crippen LogP contribution in [0.25, 0.3) is 5.57 Å². The quantitative estimate of drug-likeness (QED) is 0.179. The largest absolute Gasteiger partial charge is 0.0802 e. The molecule has 0 aliphatic heterocycles. The van der Waals surface area contributed by atoms with Crippen LogP contribution in [0.4, 0.5) is 0 Å². The lowest BCUT2D eigenvalue weighted by molar-refractivity contribution is 0.218. The minimum Gasteiger partial charge on any atom is -0.0802 e. The van der Waals surface area contributed by atoms with E-state index >= 15 is 0 Å². The number of rotatable bonds is 18. The predicted octanol–water partition coefficient (Wildman–Crippen LogP) is 11.9. The lowest BCUT2D eigenvalue weighted by Crippen LogP contribution is -2.21. The Labute approximate surface area is 225 Å². The first-order valence-electron chi connectivity index (χ1n) is 16.3. The van der Waals surface area contributed by atoms with Gasteiger partial charge in [-0.2, -0.15) is 0 Å². The second-order valence-electron chi connectivity index (χ2n) is 12.2. The third kappa shape index (κ3) is 11.0. The Bertz CT molecular complexity index is 728. The molecule has 0 bridgehead atoms. The van der Waals surface area contributed by atoms with Gasteiger partial charge < -0.3 is 0 Å². The van der Waals surface area contributed by atoms with Crippen molar-refractivity contribution in [1.82, 2.24) is 0 Å². The van der Waals surface area contributed by atoms with Gasteiger partial charge in [0, 0.05) is 0 Å². The molecule has 1 saturated carbocycles. The number of aryl methyl sites for hydroxylation is 1. The van der Waals surface area contributed by atoms with Crippen molar-refractivity contribution in [2.24, 2.45) is 17.8 Å². The molecule has 2 aliphatic rings. The zero-order valence-electron chi connectivity index (χ0n) is 24.1. The van der Waals surface area contributed by atoms with Gasteiger partial charge >= 0.3 is 0 Å². The van der Waals surface area contributed by atoms with E-state index in [0.717, 1.165) is 17.8 Å². The Balaban J connectivity index is 1.29. The van der Waals surface area contributed by atoms with E-state index in [4.69, 9.17) is 0 Å². The molecule has 0 saturated heterocycles. The van der Waals surface area contributed by atoms with E-state index in [0.29, 0.717) is 0 Å². The first kappa shape index (κ1) is 29.3. The van der Waals surface area contributed by atoms with Gasteiger partial charge in [0.2, 0.25) is 0 Å². The van der Waals surface area contributed by atoms with E-state index in [1.54, 1.807) is 0 Å². The highest BCUT2D eigenvalue weighted by Crippen LogP contribution is 2.39. The van der Waals surface area contributed by atoms with Crippen LogP contribution in [0.2, 0.25) is 0 Å². The molecule has 0 N–H and O–H groups in total. The summed E-state index contributed by atoms with van der Waals surface area (Å²) in [5, 5.41) is 0. The van der Waals surface area contributed by atoms with Crippen LogP contribution >= 0.6 is 0 Å². The molecule has 1 unspecified atom stereocenters. The number of hydrogen-bond acceptors (Lipinski definition) is 0. The highest BCUT2D eigenvalue weighted by atomic mass is 14.3. The molecule has 1 aromatic carbocycles. The van der Waals surface area contributed by atoms with Crippen LogP contribution in [-0.4, -0.2) is 0 Å². The average molecular weight is 491 g/mol. The summed E-state index contributed by atoms with van der Waals surface area (Å²) in [7, 11) is 0. The maximum absolute atomic E-state index is 2.56. The summed E-state index contributed by atoms with van der Waals surface area (Å²) in [5.41, 5.74) is 4.37. The van der Waals surface area contributed by atoms with E-state index in [1.165, 1.54) is 152 Å². The topological polar surface area (TPSA) is 0 Å². The fourth-order valence-electron chi connectivity index (χ4n) is 6.65. The normalized spacial score (nSPS) is 22.1. The highest BCUT2D eigenvalue weighted by molar-refractivity contribution is 5.75. The number of allylic oxidation sites excluding steroid dienone is 4. The van der Waals surface area contributed by atoms with Crippen LogP contribution in [0.5, 0.6) is 0 Å². The van der Waals surface area contributed by atoms with Crippen LogP contribution in [0.3, 0.4) is 0 Å². The van der Waals surface area contributed by atoms with Gasteiger partial charge in [-0.1, -0.05) is 159 Å². The zero-order chi connectivity index (χ0) is 25.3. The molecule has 0 spiro atoms. The molecular formula is C36H58. The Hall–Kier alpha value is -1.30. The molecule has 1 aromatic rings. The predicted molar refractivity (Wildman–Crippen MR) is 161 cm³/mol. The molecule has 0 radical (unpaired) electrons. The van der Waals surface area contributed by atoms with E-state index < -0.39 is 0 Å². The summed E-state index contributed by atoms with van der Waals surface area (Å²) < 4.78 is 0. The van der Waals surface area contributed by atoms with Gasteiger partial charge in [-0.3, -0.25) is 0 Å². The Morgan fingerprint density at radius 3 is 1.81 bits per heavy atom. The molecule has 36 heavy (non-hydrogen) atoms. The van der Waals surface area contributed by atoms with Crippen LogP contribution < -0.4 is 0 Å². The zero-order valence-corrected chi connectivity index (χ0v) is 24.1. The van der Waals surface area contributed by atoms with Crippen molar-refractivity contribution in [3.63, 3.8) is 0 Å². The number of unbranched alkanes of at least 4 members (excludes halogenated alkanes) is 12.